The summed E-state index contributed by atoms with van der Waals surface area (Å²) in [6.45, 7) is 7.46. The predicted molar refractivity (Wildman–Crippen MR) is 46.5 cm³/mol. The van der Waals surface area contributed by atoms with E-state index in [4.69, 9.17) is 5.11 Å². The summed E-state index contributed by atoms with van der Waals surface area (Å²) in [7, 11) is 0. The zero-order valence-electron chi connectivity index (χ0n) is 7.58. The number of hydrogen-bond acceptors (Lipinski definition) is 2. The summed E-state index contributed by atoms with van der Waals surface area (Å²) in [4.78, 5) is 2.34. The Kier molecular flexibility index (Phi) is 3.34. The van der Waals surface area contributed by atoms with Crippen LogP contribution in [0, 0.1) is 5.92 Å². The standard InChI is InChI=1S/C9H19NO/c1-3-8(4-2)5-10-6-9(11)7-10/h8-9,11H,3-7H2,1-2H3. The Hall–Kier alpha value is -0.0800. The van der Waals surface area contributed by atoms with E-state index in [1.54, 1.807) is 0 Å². The van der Waals surface area contributed by atoms with Crippen molar-refractivity contribution in [3.8, 4) is 0 Å². The molecule has 2 nitrogen and oxygen atoms in total. The summed E-state index contributed by atoms with van der Waals surface area (Å²) >= 11 is 0. The highest BCUT2D eigenvalue weighted by molar-refractivity contribution is 4.79. The normalized spacial score (nSPS) is 20.7. The predicted octanol–water partition coefficient (Wildman–Crippen LogP) is 1.10. The van der Waals surface area contributed by atoms with E-state index < -0.39 is 0 Å². The van der Waals surface area contributed by atoms with Crippen molar-refractivity contribution < 1.29 is 5.11 Å². The molecular formula is C9H19NO. The molecule has 0 bridgehead atoms. The lowest BCUT2D eigenvalue weighted by molar-refractivity contribution is -0.00711. The maximum Gasteiger partial charge on any atom is 0.0793 e. The first kappa shape index (κ1) is 9.01. The van der Waals surface area contributed by atoms with E-state index in [0.717, 1.165) is 19.0 Å². The molecule has 1 rings (SSSR count). The second kappa shape index (κ2) is 4.07. The molecule has 1 aliphatic heterocycles. The Morgan fingerprint density at radius 3 is 2.27 bits per heavy atom. The van der Waals surface area contributed by atoms with E-state index in [0.29, 0.717) is 0 Å². The van der Waals surface area contributed by atoms with Gasteiger partial charge >= 0.3 is 0 Å². The van der Waals surface area contributed by atoms with Crippen LogP contribution in [0.5, 0.6) is 0 Å². The first-order valence-electron chi connectivity index (χ1n) is 4.66. The van der Waals surface area contributed by atoms with E-state index in [1.165, 1.54) is 19.4 Å². The highest BCUT2D eigenvalue weighted by atomic mass is 16.3. The molecule has 1 fully saturated rings. The van der Waals surface area contributed by atoms with Crippen molar-refractivity contribution in [2.75, 3.05) is 19.6 Å². The van der Waals surface area contributed by atoms with Crippen LogP contribution >= 0.6 is 0 Å². The molecule has 0 aromatic carbocycles. The van der Waals surface area contributed by atoms with Gasteiger partial charge in [-0.25, -0.2) is 0 Å². The van der Waals surface area contributed by atoms with Crippen LogP contribution in [0.25, 0.3) is 0 Å². The molecule has 11 heavy (non-hydrogen) atoms. The van der Waals surface area contributed by atoms with Crippen LogP contribution in [0.2, 0.25) is 0 Å². The van der Waals surface area contributed by atoms with Crippen LogP contribution < -0.4 is 0 Å². The number of aliphatic hydroxyl groups excluding tert-OH is 1. The summed E-state index contributed by atoms with van der Waals surface area (Å²) in [5.41, 5.74) is 0. The molecule has 0 amide bonds. The molecule has 0 unspecified atom stereocenters. The maximum atomic E-state index is 9.03. The third-order valence-corrected chi connectivity index (χ3v) is 2.61. The first-order valence-corrected chi connectivity index (χ1v) is 4.66. The second-order valence-electron chi connectivity index (χ2n) is 3.55. The number of likely N-dealkylation sites (tertiary alicyclic amines) is 1. The molecule has 1 N–H and O–H groups in total. The summed E-state index contributed by atoms with van der Waals surface area (Å²) in [5, 5.41) is 9.03. The average Bonchev–Trinajstić information content (AvgIpc) is 1.96. The van der Waals surface area contributed by atoms with Crippen LogP contribution in [0.4, 0.5) is 0 Å². The fraction of sp³-hybridized carbons (Fsp3) is 1.00. The Morgan fingerprint density at radius 2 is 1.91 bits per heavy atom. The molecule has 0 aliphatic carbocycles. The van der Waals surface area contributed by atoms with Crippen molar-refractivity contribution in [1.29, 1.82) is 0 Å². The third kappa shape index (κ3) is 2.46. The topological polar surface area (TPSA) is 23.5 Å². The summed E-state index contributed by atoms with van der Waals surface area (Å²) in [5.74, 6) is 0.836. The number of β-amino-alcohol motifs (C(OH)–C–C–N with tert-alkyl or cyclic N) is 1. The first-order chi connectivity index (χ1) is 5.26. The third-order valence-electron chi connectivity index (χ3n) is 2.61. The number of hydrogen-bond donors (Lipinski definition) is 1. The van der Waals surface area contributed by atoms with Crippen LogP contribution in [0.1, 0.15) is 26.7 Å². The molecule has 1 heterocycles. The number of rotatable bonds is 4. The minimum absolute atomic E-state index is 0.0376. The molecule has 0 atom stereocenters. The van der Waals surface area contributed by atoms with Crippen molar-refractivity contribution in [2.24, 2.45) is 5.92 Å². The smallest absolute Gasteiger partial charge is 0.0793 e. The fourth-order valence-electron chi connectivity index (χ4n) is 1.60. The van der Waals surface area contributed by atoms with Gasteiger partial charge in [-0.05, 0) is 5.92 Å². The van der Waals surface area contributed by atoms with Gasteiger partial charge in [0.25, 0.3) is 0 Å². The van der Waals surface area contributed by atoms with Crippen molar-refractivity contribution in [3.05, 3.63) is 0 Å². The Labute approximate surface area is 69.2 Å². The summed E-state index contributed by atoms with van der Waals surface area (Å²) in [6.07, 6.45) is 2.50. The van der Waals surface area contributed by atoms with Gasteiger partial charge in [-0.1, -0.05) is 26.7 Å². The van der Waals surface area contributed by atoms with Gasteiger partial charge in [0.1, 0.15) is 0 Å². The lowest BCUT2D eigenvalue weighted by Crippen LogP contribution is -2.52. The Bertz CT molecular complexity index is 106. The molecule has 0 aromatic heterocycles. The monoisotopic (exact) mass is 157 g/mol. The lowest BCUT2D eigenvalue weighted by Gasteiger charge is -2.37. The molecule has 0 saturated carbocycles. The van der Waals surface area contributed by atoms with Gasteiger partial charge in [0, 0.05) is 19.6 Å². The number of aliphatic hydroxyl groups is 1. The molecule has 0 aromatic rings. The van der Waals surface area contributed by atoms with Gasteiger partial charge in [0.15, 0.2) is 0 Å². The SMILES string of the molecule is CCC(CC)CN1CC(O)C1. The maximum absolute atomic E-state index is 9.03. The molecule has 0 spiro atoms. The second-order valence-corrected chi connectivity index (χ2v) is 3.55. The minimum Gasteiger partial charge on any atom is -0.390 e. The van der Waals surface area contributed by atoms with Crippen molar-refractivity contribution >= 4 is 0 Å². The van der Waals surface area contributed by atoms with Gasteiger partial charge < -0.3 is 5.11 Å². The van der Waals surface area contributed by atoms with Gasteiger partial charge in [0.2, 0.25) is 0 Å². The molecule has 66 valence electrons. The van der Waals surface area contributed by atoms with Gasteiger partial charge in [-0.2, -0.15) is 0 Å². The van der Waals surface area contributed by atoms with Gasteiger partial charge in [-0.3, -0.25) is 4.90 Å². The zero-order chi connectivity index (χ0) is 8.27. The molecular weight excluding hydrogens is 138 g/mol. The van der Waals surface area contributed by atoms with Gasteiger partial charge in [0.05, 0.1) is 6.10 Å². The summed E-state index contributed by atoms with van der Waals surface area (Å²) in [6, 6.07) is 0. The van der Waals surface area contributed by atoms with E-state index in [-0.39, 0.29) is 6.10 Å². The van der Waals surface area contributed by atoms with Gasteiger partial charge in [-0.15, -0.1) is 0 Å². The van der Waals surface area contributed by atoms with E-state index in [9.17, 15) is 0 Å². The van der Waals surface area contributed by atoms with Crippen molar-refractivity contribution in [3.63, 3.8) is 0 Å². The van der Waals surface area contributed by atoms with Crippen molar-refractivity contribution in [2.45, 2.75) is 32.8 Å². The quantitative estimate of drug-likeness (QED) is 0.660. The fourth-order valence-corrected chi connectivity index (χ4v) is 1.60. The van der Waals surface area contributed by atoms with Crippen LogP contribution in [0.15, 0.2) is 0 Å². The highest BCUT2D eigenvalue weighted by Crippen LogP contribution is 2.14. The van der Waals surface area contributed by atoms with E-state index in [1.807, 2.05) is 0 Å². The zero-order valence-corrected chi connectivity index (χ0v) is 7.58. The average molecular weight is 157 g/mol. The van der Waals surface area contributed by atoms with E-state index in [2.05, 4.69) is 18.7 Å². The lowest BCUT2D eigenvalue weighted by atomic mass is 10.0. The van der Waals surface area contributed by atoms with Crippen molar-refractivity contribution in [1.82, 2.24) is 4.90 Å². The molecule has 1 saturated heterocycles. The number of nitrogens with zero attached hydrogens (tertiary/aromatic N) is 1. The van der Waals surface area contributed by atoms with Crippen LogP contribution in [-0.4, -0.2) is 35.7 Å². The molecule has 0 radical (unpaired) electrons. The Morgan fingerprint density at radius 1 is 1.36 bits per heavy atom. The Balaban J connectivity index is 2.09. The largest absolute Gasteiger partial charge is 0.390 e. The minimum atomic E-state index is -0.0376. The summed E-state index contributed by atoms with van der Waals surface area (Å²) < 4.78 is 0. The van der Waals surface area contributed by atoms with Crippen LogP contribution in [-0.2, 0) is 0 Å². The molecule has 2 heteroatoms. The van der Waals surface area contributed by atoms with E-state index >= 15 is 0 Å². The molecule has 1 aliphatic rings. The van der Waals surface area contributed by atoms with Crippen LogP contribution in [0.3, 0.4) is 0 Å². The highest BCUT2D eigenvalue weighted by Gasteiger charge is 2.25.